The fourth-order valence-electron chi connectivity index (χ4n) is 2.70. The summed E-state index contributed by atoms with van der Waals surface area (Å²) >= 11 is 0. The van der Waals surface area contributed by atoms with E-state index in [0.29, 0.717) is 13.0 Å². The summed E-state index contributed by atoms with van der Waals surface area (Å²) in [5.74, 6) is 4.55. The van der Waals surface area contributed by atoms with E-state index in [1.165, 1.54) is 0 Å². The van der Waals surface area contributed by atoms with Gasteiger partial charge in [0.05, 0.1) is 12.7 Å². The third kappa shape index (κ3) is 4.18. The van der Waals surface area contributed by atoms with Gasteiger partial charge in [-0.1, -0.05) is 6.92 Å². The molecule has 2 fully saturated rings. The molecule has 0 spiro atoms. The minimum Gasteiger partial charge on any atom is -0.389 e. The van der Waals surface area contributed by atoms with E-state index in [1.807, 2.05) is 34.6 Å². The Kier molecular flexibility index (Phi) is 4.96. The van der Waals surface area contributed by atoms with Crippen LogP contribution in [0.3, 0.4) is 0 Å². The summed E-state index contributed by atoms with van der Waals surface area (Å²) in [4.78, 5) is 0. The van der Waals surface area contributed by atoms with Crippen molar-refractivity contribution in [2.24, 2.45) is 0 Å². The van der Waals surface area contributed by atoms with Gasteiger partial charge in [0, 0.05) is 12.8 Å². The lowest BCUT2D eigenvalue weighted by atomic mass is 10.0. The van der Waals surface area contributed by atoms with E-state index in [0.717, 1.165) is 6.42 Å². The smallest absolute Gasteiger partial charge is 0.164 e. The standard InChI is InChI=1S/C16H26O5/c1-6-7-8-9-11(17)13-14(21-16(4,5)20-13)12-10-18-15(2,3)19-12/h11-14,17H,6,9-10H2,1-5H3/t11-,12-,13-,14-/m1/s1. The Morgan fingerprint density at radius 2 is 1.81 bits per heavy atom. The summed E-state index contributed by atoms with van der Waals surface area (Å²) in [5.41, 5.74) is 0. The van der Waals surface area contributed by atoms with E-state index in [9.17, 15) is 5.11 Å². The van der Waals surface area contributed by atoms with Crippen LogP contribution in [0.15, 0.2) is 0 Å². The Labute approximate surface area is 126 Å². The van der Waals surface area contributed by atoms with Crippen molar-refractivity contribution in [3.05, 3.63) is 0 Å². The highest BCUT2D eigenvalue weighted by Crippen LogP contribution is 2.37. The van der Waals surface area contributed by atoms with Crippen molar-refractivity contribution in [1.29, 1.82) is 0 Å². The first kappa shape index (κ1) is 16.7. The Morgan fingerprint density at radius 1 is 1.10 bits per heavy atom. The third-order valence-electron chi connectivity index (χ3n) is 3.55. The highest BCUT2D eigenvalue weighted by Gasteiger charge is 2.51. The van der Waals surface area contributed by atoms with Crippen LogP contribution in [0.25, 0.3) is 0 Å². The minimum atomic E-state index is -0.745. The lowest BCUT2D eigenvalue weighted by Crippen LogP contribution is -2.43. The van der Waals surface area contributed by atoms with Gasteiger partial charge in [-0.05, 0) is 27.7 Å². The number of aliphatic hydroxyl groups is 1. The topological polar surface area (TPSA) is 57.2 Å². The summed E-state index contributed by atoms with van der Waals surface area (Å²) in [5, 5.41) is 10.4. The zero-order valence-corrected chi connectivity index (χ0v) is 13.5. The van der Waals surface area contributed by atoms with Gasteiger partial charge >= 0.3 is 0 Å². The average molecular weight is 298 g/mol. The SMILES string of the molecule is CCC#CC[C@@H](O)[C@H]1OC(C)(C)O[C@@H]1[C@H]1COC(C)(C)O1. The second-order valence-electron chi connectivity index (χ2n) is 6.41. The molecule has 2 saturated heterocycles. The predicted octanol–water partition coefficient (Wildman–Crippen LogP) is 1.82. The van der Waals surface area contributed by atoms with Crippen LogP contribution >= 0.6 is 0 Å². The molecule has 5 nitrogen and oxygen atoms in total. The average Bonchev–Trinajstić information content (AvgIpc) is 2.89. The van der Waals surface area contributed by atoms with Gasteiger partial charge in [-0.2, -0.15) is 0 Å². The molecule has 4 atom stereocenters. The number of hydrogen-bond donors (Lipinski definition) is 1. The van der Waals surface area contributed by atoms with Crippen LogP contribution in [0.2, 0.25) is 0 Å². The van der Waals surface area contributed by atoms with Gasteiger partial charge in [0.2, 0.25) is 0 Å². The van der Waals surface area contributed by atoms with Gasteiger partial charge in [-0.3, -0.25) is 0 Å². The van der Waals surface area contributed by atoms with Crippen LogP contribution in [0.4, 0.5) is 0 Å². The molecule has 5 heteroatoms. The van der Waals surface area contributed by atoms with E-state index in [-0.39, 0.29) is 12.2 Å². The van der Waals surface area contributed by atoms with Gasteiger partial charge in [0.25, 0.3) is 0 Å². The van der Waals surface area contributed by atoms with E-state index >= 15 is 0 Å². The Hall–Kier alpha value is -0.640. The highest BCUT2D eigenvalue weighted by atomic mass is 16.8. The number of aliphatic hydroxyl groups excluding tert-OH is 1. The van der Waals surface area contributed by atoms with Gasteiger partial charge in [0.15, 0.2) is 11.6 Å². The monoisotopic (exact) mass is 298 g/mol. The van der Waals surface area contributed by atoms with Crippen molar-refractivity contribution in [2.45, 2.75) is 83.5 Å². The van der Waals surface area contributed by atoms with Gasteiger partial charge in [0.1, 0.15) is 18.3 Å². The third-order valence-corrected chi connectivity index (χ3v) is 3.55. The molecule has 0 aliphatic carbocycles. The Morgan fingerprint density at radius 3 is 2.38 bits per heavy atom. The molecule has 0 aromatic rings. The second-order valence-corrected chi connectivity index (χ2v) is 6.41. The Bertz CT molecular complexity index is 420. The zero-order valence-electron chi connectivity index (χ0n) is 13.5. The van der Waals surface area contributed by atoms with E-state index in [1.54, 1.807) is 0 Å². The molecule has 2 heterocycles. The van der Waals surface area contributed by atoms with E-state index in [2.05, 4.69) is 11.8 Å². The first-order valence-corrected chi connectivity index (χ1v) is 7.55. The summed E-state index contributed by atoms with van der Waals surface area (Å²) in [6.45, 7) is 9.82. The molecular weight excluding hydrogens is 272 g/mol. The number of ether oxygens (including phenoxy) is 4. The molecule has 2 aliphatic rings. The van der Waals surface area contributed by atoms with Crippen LogP contribution < -0.4 is 0 Å². The molecule has 0 amide bonds. The largest absolute Gasteiger partial charge is 0.389 e. The molecule has 120 valence electrons. The predicted molar refractivity (Wildman–Crippen MR) is 77.4 cm³/mol. The molecule has 0 aromatic heterocycles. The molecule has 0 bridgehead atoms. The molecule has 2 aliphatic heterocycles. The van der Waals surface area contributed by atoms with Crippen LogP contribution in [0, 0.1) is 11.8 Å². The van der Waals surface area contributed by atoms with Gasteiger partial charge < -0.3 is 24.1 Å². The minimum absolute atomic E-state index is 0.249. The normalized spacial score (nSPS) is 35.2. The van der Waals surface area contributed by atoms with Crippen molar-refractivity contribution in [1.82, 2.24) is 0 Å². The first-order chi connectivity index (χ1) is 9.74. The van der Waals surface area contributed by atoms with E-state index in [4.69, 9.17) is 18.9 Å². The fourth-order valence-corrected chi connectivity index (χ4v) is 2.70. The van der Waals surface area contributed by atoms with Crippen molar-refractivity contribution < 1.29 is 24.1 Å². The number of hydrogen-bond acceptors (Lipinski definition) is 5. The number of rotatable bonds is 3. The molecule has 1 N–H and O–H groups in total. The van der Waals surface area contributed by atoms with Crippen molar-refractivity contribution in [3.63, 3.8) is 0 Å². The van der Waals surface area contributed by atoms with Crippen LogP contribution in [0.5, 0.6) is 0 Å². The van der Waals surface area contributed by atoms with Crippen molar-refractivity contribution >= 4 is 0 Å². The molecule has 0 radical (unpaired) electrons. The molecular formula is C16H26O5. The lowest BCUT2D eigenvalue weighted by Gasteiger charge is -2.25. The summed E-state index contributed by atoms with van der Waals surface area (Å²) < 4.78 is 23.2. The maximum atomic E-state index is 10.4. The van der Waals surface area contributed by atoms with Gasteiger partial charge in [-0.15, -0.1) is 11.8 Å². The molecule has 2 rings (SSSR count). The summed E-state index contributed by atoms with van der Waals surface area (Å²) in [6, 6.07) is 0. The lowest BCUT2D eigenvalue weighted by molar-refractivity contribution is -0.175. The molecule has 0 saturated carbocycles. The maximum Gasteiger partial charge on any atom is 0.164 e. The zero-order chi connectivity index (χ0) is 15.7. The first-order valence-electron chi connectivity index (χ1n) is 7.55. The fraction of sp³-hybridized carbons (Fsp3) is 0.875. The van der Waals surface area contributed by atoms with E-state index < -0.39 is 23.8 Å². The highest BCUT2D eigenvalue weighted by molar-refractivity contribution is 5.03. The molecule has 0 unspecified atom stereocenters. The van der Waals surface area contributed by atoms with Crippen molar-refractivity contribution in [2.75, 3.05) is 6.61 Å². The van der Waals surface area contributed by atoms with Gasteiger partial charge in [-0.25, -0.2) is 0 Å². The van der Waals surface area contributed by atoms with Crippen LogP contribution in [-0.2, 0) is 18.9 Å². The maximum absolute atomic E-state index is 10.4. The van der Waals surface area contributed by atoms with Crippen molar-refractivity contribution in [3.8, 4) is 11.8 Å². The molecule has 0 aromatic carbocycles. The van der Waals surface area contributed by atoms with Crippen LogP contribution in [0.1, 0.15) is 47.5 Å². The quantitative estimate of drug-likeness (QED) is 0.806. The Balaban J connectivity index is 2.06. The van der Waals surface area contributed by atoms with Crippen LogP contribution in [-0.4, -0.2) is 47.7 Å². The second kappa shape index (κ2) is 6.23. The molecule has 21 heavy (non-hydrogen) atoms. The summed E-state index contributed by atoms with van der Waals surface area (Å²) in [7, 11) is 0. The summed E-state index contributed by atoms with van der Waals surface area (Å²) in [6.07, 6.45) is -0.638.